The van der Waals surface area contributed by atoms with Crippen LogP contribution in [0.1, 0.15) is 26.3 Å². The molecule has 0 N–H and O–H groups in total. The van der Waals surface area contributed by atoms with Crippen LogP contribution in [0.4, 0.5) is 4.39 Å². The summed E-state index contributed by atoms with van der Waals surface area (Å²) in [6.07, 6.45) is 2.18. The summed E-state index contributed by atoms with van der Waals surface area (Å²) in [4.78, 5) is 32.0. The van der Waals surface area contributed by atoms with E-state index in [1.807, 2.05) is 0 Å². The topological polar surface area (TPSA) is 94.0 Å². The van der Waals surface area contributed by atoms with E-state index >= 15 is 0 Å². The van der Waals surface area contributed by atoms with Crippen molar-refractivity contribution in [1.29, 1.82) is 0 Å². The Hall–Kier alpha value is -3.85. The largest absolute Gasteiger partial charge is 0.493 e. The van der Waals surface area contributed by atoms with E-state index in [-0.39, 0.29) is 28.0 Å². The molecular formula is C20H12ClFN4O4. The lowest BCUT2D eigenvalue weighted by atomic mass is 10.1. The van der Waals surface area contributed by atoms with Crippen molar-refractivity contribution in [3.05, 3.63) is 76.5 Å². The van der Waals surface area contributed by atoms with Gasteiger partial charge in [-0.2, -0.15) is 19.5 Å². The highest BCUT2D eigenvalue weighted by molar-refractivity contribution is 6.28. The van der Waals surface area contributed by atoms with E-state index in [0.29, 0.717) is 11.3 Å². The Morgan fingerprint density at radius 3 is 2.47 bits per heavy atom. The van der Waals surface area contributed by atoms with Gasteiger partial charge in [-0.25, -0.2) is 4.98 Å². The van der Waals surface area contributed by atoms with Crippen LogP contribution in [0.2, 0.25) is 5.28 Å². The van der Waals surface area contributed by atoms with Gasteiger partial charge < -0.3 is 9.47 Å². The van der Waals surface area contributed by atoms with Gasteiger partial charge in [-0.1, -0.05) is 12.1 Å². The number of benzene rings is 2. The molecule has 0 radical (unpaired) electrons. The van der Waals surface area contributed by atoms with Crippen molar-refractivity contribution >= 4 is 29.6 Å². The van der Waals surface area contributed by atoms with Gasteiger partial charge in [-0.05, 0) is 47.5 Å². The van der Waals surface area contributed by atoms with Gasteiger partial charge in [0.1, 0.15) is 0 Å². The number of rotatable bonds is 5. The molecule has 0 saturated heterocycles. The smallest absolute Gasteiger partial charge is 0.282 e. The fourth-order valence-corrected chi connectivity index (χ4v) is 2.89. The van der Waals surface area contributed by atoms with Crippen LogP contribution in [0, 0.1) is 5.82 Å². The summed E-state index contributed by atoms with van der Waals surface area (Å²) in [6, 6.07) is 11.1. The molecule has 1 aromatic heterocycles. The molecule has 30 heavy (non-hydrogen) atoms. The van der Waals surface area contributed by atoms with Gasteiger partial charge in [0, 0.05) is 0 Å². The second-order valence-electron chi connectivity index (χ2n) is 6.02. The normalized spacial score (nSPS) is 13.1. The van der Waals surface area contributed by atoms with E-state index in [0.717, 1.165) is 11.2 Å². The highest BCUT2D eigenvalue weighted by atomic mass is 35.5. The number of carbonyl (C=O) groups is 2. The molecule has 4 rings (SSSR count). The molecule has 0 bridgehead atoms. The molecule has 0 fully saturated rings. The average Bonchev–Trinajstić information content (AvgIpc) is 2.99. The lowest BCUT2D eigenvalue weighted by Gasteiger charge is -2.11. The Morgan fingerprint density at radius 2 is 1.80 bits per heavy atom. The van der Waals surface area contributed by atoms with Crippen LogP contribution in [0.3, 0.4) is 0 Å². The van der Waals surface area contributed by atoms with E-state index in [2.05, 4.69) is 15.1 Å². The lowest BCUT2D eigenvalue weighted by Crippen LogP contribution is -2.23. The molecule has 0 saturated carbocycles. The minimum absolute atomic E-state index is 0.123. The van der Waals surface area contributed by atoms with Crippen LogP contribution >= 0.6 is 11.6 Å². The first-order chi connectivity index (χ1) is 14.5. The Morgan fingerprint density at radius 1 is 1.10 bits per heavy atom. The molecule has 2 aromatic carbocycles. The molecule has 0 aliphatic carbocycles. The number of imide groups is 1. The molecule has 8 nitrogen and oxygen atoms in total. The minimum atomic E-state index is -0.813. The van der Waals surface area contributed by atoms with E-state index in [4.69, 9.17) is 21.1 Å². The number of nitrogens with zero attached hydrogens (tertiary/aromatic N) is 4. The maximum Gasteiger partial charge on any atom is 0.282 e. The molecule has 3 aromatic rings. The molecular weight excluding hydrogens is 415 g/mol. The zero-order valence-corrected chi connectivity index (χ0v) is 16.1. The van der Waals surface area contributed by atoms with Crippen LogP contribution in [-0.2, 0) is 0 Å². The summed E-state index contributed by atoms with van der Waals surface area (Å²) in [5.74, 6) is -1.82. The number of hydrogen-bond donors (Lipinski definition) is 0. The fourth-order valence-electron chi connectivity index (χ4n) is 2.77. The number of hydrogen-bond acceptors (Lipinski definition) is 7. The first kappa shape index (κ1) is 19.5. The molecule has 0 atom stereocenters. The number of ether oxygens (including phenoxy) is 2. The molecule has 1 aliphatic heterocycles. The van der Waals surface area contributed by atoms with E-state index < -0.39 is 17.6 Å². The van der Waals surface area contributed by atoms with Crippen molar-refractivity contribution < 1.29 is 23.5 Å². The van der Waals surface area contributed by atoms with E-state index in [9.17, 15) is 14.0 Å². The molecule has 2 amide bonds. The predicted octanol–water partition coefficient (Wildman–Crippen LogP) is 3.70. The third-order valence-corrected chi connectivity index (χ3v) is 4.35. The van der Waals surface area contributed by atoms with Gasteiger partial charge >= 0.3 is 0 Å². The van der Waals surface area contributed by atoms with Crippen molar-refractivity contribution in [2.24, 2.45) is 5.10 Å². The molecule has 150 valence electrons. The van der Waals surface area contributed by atoms with Crippen LogP contribution < -0.4 is 9.47 Å². The summed E-state index contributed by atoms with van der Waals surface area (Å²) in [5.41, 5.74) is 1.03. The summed E-state index contributed by atoms with van der Waals surface area (Å²) in [7, 11) is 1.41. The van der Waals surface area contributed by atoms with E-state index in [1.54, 1.807) is 36.4 Å². The number of carbonyl (C=O) groups excluding carboxylic acids is 2. The second-order valence-corrected chi connectivity index (χ2v) is 6.35. The number of hydrazone groups is 1. The van der Waals surface area contributed by atoms with Crippen LogP contribution in [0.5, 0.6) is 17.4 Å². The number of fused-ring (bicyclic) bond motifs is 1. The molecule has 0 unspecified atom stereocenters. The number of halogens is 2. The van der Waals surface area contributed by atoms with Crippen molar-refractivity contribution in [3.63, 3.8) is 0 Å². The third kappa shape index (κ3) is 3.58. The highest BCUT2D eigenvalue weighted by Gasteiger charge is 2.35. The van der Waals surface area contributed by atoms with Crippen molar-refractivity contribution in [3.8, 4) is 17.4 Å². The van der Waals surface area contributed by atoms with Gasteiger partial charge in [0.15, 0.2) is 11.5 Å². The number of methoxy groups -OCH3 is 1. The Balaban J connectivity index is 1.62. The standard InChI is InChI=1S/C20H12ClFN4O4/c1-29-15-7-6-11(8-16(15)30-17-14(22)10-23-20(21)25-17)9-24-26-18(27)12-4-2-3-5-13(12)19(26)28/h2-10H,1H3/b24-9+. The SMILES string of the molecule is COc1ccc(/C=N/N2C(=O)c3ccccc3C2=O)cc1Oc1nc(Cl)ncc1F. The third-order valence-electron chi connectivity index (χ3n) is 4.17. The van der Waals surface area contributed by atoms with Crippen LogP contribution in [-0.4, -0.2) is 40.1 Å². The molecule has 0 spiro atoms. The van der Waals surface area contributed by atoms with E-state index in [1.165, 1.54) is 19.4 Å². The fraction of sp³-hybridized carbons (Fsp3) is 0.0500. The highest BCUT2D eigenvalue weighted by Crippen LogP contribution is 2.32. The monoisotopic (exact) mass is 426 g/mol. The molecule has 2 heterocycles. The van der Waals surface area contributed by atoms with Gasteiger partial charge in [-0.3, -0.25) is 9.59 Å². The molecule has 10 heteroatoms. The quantitative estimate of drug-likeness (QED) is 0.351. The maximum absolute atomic E-state index is 13.9. The zero-order valence-electron chi connectivity index (χ0n) is 15.4. The summed E-state index contributed by atoms with van der Waals surface area (Å²) in [5, 5.41) is 4.59. The van der Waals surface area contributed by atoms with Crippen LogP contribution in [0.15, 0.2) is 53.8 Å². The van der Waals surface area contributed by atoms with Gasteiger partial charge in [0.05, 0.1) is 30.6 Å². The maximum atomic E-state index is 13.9. The first-order valence-electron chi connectivity index (χ1n) is 8.53. The number of amides is 2. The Kier molecular flexibility index (Phi) is 5.11. The Labute approximate surface area is 174 Å². The Bertz CT molecular complexity index is 1170. The summed E-state index contributed by atoms with van der Waals surface area (Å²) >= 11 is 5.69. The average molecular weight is 427 g/mol. The first-order valence-corrected chi connectivity index (χ1v) is 8.91. The van der Waals surface area contributed by atoms with Crippen LogP contribution in [0.25, 0.3) is 0 Å². The minimum Gasteiger partial charge on any atom is -0.493 e. The lowest BCUT2D eigenvalue weighted by molar-refractivity contribution is 0.0660. The van der Waals surface area contributed by atoms with Gasteiger partial charge in [0.2, 0.25) is 11.1 Å². The zero-order chi connectivity index (χ0) is 21.3. The second kappa shape index (κ2) is 7.88. The van der Waals surface area contributed by atoms with Crippen molar-refractivity contribution in [2.75, 3.05) is 7.11 Å². The summed E-state index contributed by atoms with van der Waals surface area (Å²) < 4.78 is 24.6. The predicted molar refractivity (Wildman–Crippen MR) is 105 cm³/mol. The van der Waals surface area contributed by atoms with Crippen molar-refractivity contribution in [1.82, 2.24) is 15.0 Å². The van der Waals surface area contributed by atoms with Gasteiger partial charge in [0.25, 0.3) is 17.7 Å². The van der Waals surface area contributed by atoms with Gasteiger partial charge in [-0.15, -0.1) is 0 Å². The summed E-state index contributed by atoms with van der Waals surface area (Å²) in [6.45, 7) is 0. The molecule has 1 aliphatic rings. The number of aromatic nitrogens is 2. The van der Waals surface area contributed by atoms with Crippen molar-refractivity contribution in [2.45, 2.75) is 0 Å².